The predicted octanol–water partition coefficient (Wildman–Crippen LogP) is 1.59. The van der Waals surface area contributed by atoms with Crippen molar-refractivity contribution in [3.63, 3.8) is 0 Å². The van der Waals surface area contributed by atoms with Crippen molar-refractivity contribution >= 4 is 17.7 Å². The monoisotopic (exact) mass is 429 g/mol. The lowest BCUT2D eigenvalue weighted by atomic mass is 9.70. The van der Waals surface area contributed by atoms with Crippen LogP contribution in [0.2, 0.25) is 0 Å². The summed E-state index contributed by atoms with van der Waals surface area (Å²) in [6.45, 7) is 6.69. The standard InChI is InChI=1S/C23H31N3O5/c1-6-10-24-20(27)13-18-21(28)26(15(2)23(18)9-11-25(3)22(23)29)14-16-7-8-17(30-4)12-19(16)31-5/h6-8,12,15,18H,1,9-11,13-14H2,2-5H3,(H,24,27). The van der Waals surface area contributed by atoms with E-state index in [9.17, 15) is 14.4 Å². The van der Waals surface area contributed by atoms with Gasteiger partial charge >= 0.3 is 0 Å². The predicted molar refractivity (Wildman–Crippen MR) is 116 cm³/mol. The summed E-state index contributed by atoms with van der Waals surface area (Å²) in [7, 11) is 4.89. The topological polar surface area (TPSA) is 88.2 Å². The zero-order valence-electron chi connectivity index (χ0n) is 18.6. The van der Waals surface area contributed by atoms with Gasteiger partial charge in [0.15, 0.2) is 0 Å². The summed E-state index contributed by atoms with van der Waals surface area (Å²) in [4.78, 5) is 42.7. The van der Waals surface area contributed by atoms with Gasteiger partial charge in [-0.2, -0.15) is 0 Å². The van der Waals surface area contributed by atoms with Gasteiger partial charge in [0.1, 0.15) is 11.5 Å². The maximum atomic E-state index is 13.6. The first kappa shape index (κ1) is 22.7. The molecule has 8 nitrogen and oxygen atoms in total. The molecule has 0 saturated carbocycles. The number of carbonyl (C=O) groups excluding carboxylic acids is 3. The van der Waals surface area contributed by atoms with Crippen LogP contribution < -0.4 is 14.8 Å². The van der Waals surface area contributed by atoms with Gasteiger partial charge in [-0.15, -0.1) is 6.58 Å². The van der Waals surface area contributed by atoms with Crippen LogP contribution in [0.1, 0.15) is 25.3 Å². The number of nitrogens with zero attached hydrogens (tertiary/aromatic N) is 2. The Labute approximate surface area is 183 Å². The third kappa shape index (κ3) is 3.86. The molecule has 0 aliphatic carbocycles. The number of rotatable bonds is 8. The number of ether oxygens (including phenoxy) is 2. The Balaban J connectivity index is 1.94. The summed E-state index contributed by atoms with van der Waals surface area (Å²) in [5, 5.41) is 2.74. The van der Waals surface area contributed by atoms with Crippen LogP contribution in [0.25, 0.3) is 0 Å². The highest BCUT2D eigenvalue weighted by Gasteiger charge is 2.64. The van der Waals surface area contributed by atoms with Crippen molar-refractivity contribution in [1.29, 1.82) is 0 Å². The maximum Gasteiger partial charge on any atom is 0.231 e. The van der Waals surface area contributed by atoms with E-state index in [2.05, 4.69) is 11.9 Å². The molecule has 3 atom stereocenters. The second-order valence-corrected chi connectivity index (χ2v) is 8.19. The van der Waals surface area contributed by atoms with E-state index in [1.807, 2.05) is 19.1 Å². The summed E-state index contributed by atoms with van der Waals surface area (Å²) < 4.78 is 10.7. The third-order valence-electron chi connectivity index (χ3n) is 6.69. The van der Waals surface area contributed by atoms with E-state index in [1.54, 1.807) is 43.2 Å². The minimum atomic E-state index is -0.906. The number of carbonyl (C=O) groups is 3. The summed E-state index contributed by atoms with van der Waals surface area (Å²) in [5.74, 6) is 0.0598. The molecule has 1 aromatic carbocycles. The van der Waals surface area contributed by atoms with Gasteiger partial charge in [-0.25, -0.2) is 0 Å². The van der Waals surface area contributed by atoms with Crippen molar-refractivity contribution < 1.29 is 23.9 Å². The van der Waals surface area contributed by atoms with E-state index in [4.69, 9.17) is 9.47 Å². The van der Waals surface area contributed by atoms with Crippen LogP contribution in [0.4, 0.5) is 0 Å². The molecule has 3 rings (SSSR count). The van der Waals surface area contributed by atoms with Crippen molar-refractivity contribution in [3.05, 3.63) is 36.4 Å². The number of hydrogen-bond donors (Lipinski definition) is 1. The zero-order valence-corrected chi connectivity index (χ0v) is 18.6. The van der Waals surface area contributed by atoms with Gasteiger partial charge in [0.25, 0.3) is 0 Å². The Hall–Kier alpha value is -3.03. The van der Waals surface area contributed by atoms with Crippen molar-refractivity contribution in [1.82, 2.24) is 15.1 Å². The van der Waals surface area contributed by atoms with E-state index in [0.717, 1.165) is 5.56 Å². The minimum Gasteiger partial charge on any atom is -0.497 e. The first-order valence-electron chi connectivity index (χ1n) is 10.4. The first-order chi connectivity index (χ1) is 14.8. The van der Waals surface area contributed by atoms with Crippen LogP contribution in [-0.2, 0) is 20.9 Å². The number of likely N-dealkylation sites (tertiary alicyclic amines) is 2. The van der Waals surface area contributed by atoms with Crippen molar-refractivity contribution in [2.24, 2.45) is 11.3 Å². The highest BCUT2D eigenvalue weighted by molar-refractivity contribution is 5.98. The van der Waals surface area contributed by atoms with Gasteiger partial charge in [0.2, 0.25) is 17.7 Å². The largest absolute Gasteiger partial charge is 0.497 e. The number of nitrogens with one attached hydrogen (secondary N) is 1. The number of hydrogen-bond acceptors (Lipinski definition) is 5. The van der Waals surface area contributed by atoms with E-state index in [0.29, 0.717) is 31.0 Å². The highest BCUT2D eigenvalue weighted by Crippen LogP contribution is 2.51. The maximum absolute atomic E-state index is 13.6. The summed E-state index contributed by atoms with van der Waals surface area (Å²) >= 11 is 0. The molecule has 0 aromatic heterocycles. The average molecular weight is 430 g/mol. The molecule has 2 fully saturated rings. The molecule has 8 heteroatoms. The molecule has 2 aliphatic rings. The molecule has 168 valence electrons. The van der Waals surface area contributed by atoms with E-state index in [-0.39, 0.29) is 36.7 Å². The Bertz CT molecular complexity index is 886. The third-order valence-corrected chi connectivity index (χ3v) is 6.69. The van der Waals surface area contributed by atoms with Crippen LogP contribution in [0.15, 0.2) is 30.9 Å². The molecular weight excluding hydrogens is 398 g/mol. The second-order valence-electron chi connectivity index (χ2n) is 8.19. The molecular formula is C23H31N3O5. The normalized spacial score (nSPS) is 25.3. The number of methoxy groups -OCH3 is 2. The molecule has 1 spiro atoms. The molecule has 3 unspecified atom stereocenters. The van der Waals surface area contributed by atoms with Crippen LogP contribution in [0.3, 0.4) is 0 Å². The van der Waals surface area contributed by atoms with Crippen molar-refractivity contribution in [2.45, 2.75) is 32.4 Å². The Morgan fingerprint density at radius 1 is 1.32 bits per heavy atom. The zero-order chi connectivity index (χ0) is 22.8. The molecule has 1 aromatic rings. The second kappa shape index (κ2) is 8.99. The Kier molecular flexibility index (Phi) is 6.57. The quantitative estimate of drug-likeness (QED) is 0.634. The van der Waals surface area contributed by atoms with Gasteiger partial charge < -0.3 is 24.6 Å². The molecule has 2 saturated heterocycles. The van der Waals surface area contributed by atoms with Gasteiger partial charge in [0, 0.05) is 50.8 Å². The summed E-state index contributed by atoms with van der Waals surface area (Å²) in [6.07, 6.45) is 2.11. The van der Waals surface area contributed by atoms with Gasteiger partial charge in [-0.05, 0) is 25.5 Å². The van der Waals surface area contributed by atoms with Crippen LogP contribution in [0.5, 0.6) is 11.5 Å². The molecule has 0 radical (unpaired) electrons. The van der Waals surface area contributed by atoms with Crippen molar-refractivity contribution in [3.8, 4) is 11.5 Å². The van der Waals surface area contributed by atoms with E-state index < -0.39 is 11.3 Å². The molecule has 0 bridgehead atoms. The first-order valence-corrected chi connectivity index (χ1v) is 10.4. The van der Waals surface area contributed by atoms with Gasteiger partial charge in [-0.3, -0.25) is 14.4 Å². The molecule has 2 aliphatic heterocycles. The van der Waals surface area contributed by atoms with Gasteiger partial charge in [0.05, 0.1) is 25.6 Å². The van der Waals surface area contributed by atoms with Crippen molar-refractivity contribution in [2.75, 3.05) is 34.4 Å². The summed E-state index contributed by atoms with van der Waals surface area (Å²) in [6, 6.07) is 5.09. The van der Waals surface area contributed by atoms with Crippen LogP contribution in [0, 0.1) is 11.3 Å². The van der Waals surface area contributed by atoms with E-state index in [1.165, 1.54) is 0 Å². The molecule has 31 heavy (non-hydrogen) atoms. The lowest BCUT2D eigenvalue weighted by Crippen LogP contribution is -2.45. The fourth-order valence-electron chi connectivity index (χ4n) is 4.90. The summed E-state index contributed by atoms with van der Waals surface area (Å²) in [5.41, 5.74) is -0.0916. The lowest BCUT2D eigenvalue weighted by molar-refractivity contribution is -0.141. The average Bonchev–Trinajstić information content (AvgIpc) is 3.17. The lowest BCUT2D eigenvalue weighted by Gasteiger charge is -2.32. The minimum absolute atomic E-state index is 0.0210. The van der Waals surface area contributed by atoms with Crippen LogP contribution in [-0.4, -0.2) is 67.9 Å². The number of amides is 3. The molecule has 2 heterocycles. The smallest absolute Gasteiger partial charge is 0.231 e. The highest BCUT2D eigenvalue weighted by atomic mass is 16.5. The van der Waals surface area contributed by atoms with E-state index >= 15 is 0 Å². The fraction of sp³-hybridized carbons (Fsp3) is 0.522. The Morgan fingerprint density at radius 2 is 2.06 bits per heavy atom. The Morgan fingerprint density at radius 3 is 2.65 bits per heavy atom. The van der Waals surface area contributed by atoms with Crippen LogP contribution >= 0.6 is 0 Å². The molecule has 1 N–H and O–H groups in total. The SMILES string of the molecule is C=CCNC(=O)CC1C(=O)N(Cc2ccc(OC)cc2OC)C(C)C12CCN(C)C2=O. The number of benzene rings is 1. The molecule has 3 amide bonds. The van der Waals surface area contributed by atoms with Gasteiger partial charge in [-0.1, -0.05) is 6.08 Å². The fourth-order valence-corrected chi connectivity index (χ4v) is 4.90.